The Hall–Kier alpha value is -3.17. The van der Waals surface area contributed by atoms with Crippen LogP contribution in [0.15, 0.2) is 16.9 Å². The van der Waals surface area contributed by atoms with Crippen molar-refractivity contribution in [2.75, 3.05) is 11.9 Å². The van der Waals surface area contributed by atoms with Crippen LogP contribution in [0.3, 0.4) is 0 Å². The minimum absolute atomic E-state index is 0.00819. The van der Waals surface area contributed by atoms with Gasteiger partial charge in [-0.05, 0) is 31.9 Å². The molecule has 0 bridgehead atoms. The fraction of sp³-hybridized carbons (Fsp3) is 0.471. The lowest BCUT2D eigenvalue weighted by molar-refractivity contribution is -0.149. The minimum Gasteiger partial charge on any atom is -0.481 e. The van der Waals surface area contributed by atoms with E-state index in [1.165, 1.54) is 0 Å². The molecule has 10 heteroatoms. The molecule has 0 saturated carbocycles. The first kappa shape index (κ1) is 18.6. The normalized spacial score (nSPS) is 19.8. The molecule has 1 saturated heterocycles. The number of rotatable bonds is 5. The van der Waals surface area contributed by atoms with Crippen LogP contribution >= 0.6 is 0 Å². The van der Waals surface area contributed by atoms with Gasteiger partial charge in [-0.1, -0.05) is 0 Å². The zero-order chi connectivity index (χ0) is 19.6. The molecule has 0 unspecified atom stereocenters. The SMILES string of the molecule is C[C@@H]1[C@H](C(=O)O)CCCN1C(=O)CCC(=O)Nc1ccc2[nH]c(=O)[nH]c2n1. The Morgan fingerprint density at radius 3 is 2.81 bits per heavy atom. The standard InChI is InChI=1S/C17H21N5O5/c1-9-10(16(25)26)3-2-8-22(9)14(24)7-6-13(23)19-12-5-4-11-15(20-12)21-17(27)18-11/h4-5,9-10H,2-3,6-8H2,1H3,(H,25,26)(H3,18,19,20,21,23,27)/t9-,10-/m1/s1. The van der Waals surface area contributed by atoms with E-state index in [2.05, 4.69) is 20.3 Å². The number of aromatic amines is 2. The van der Waals surface area contributed by atoms with Crippen molar-refractivity contribution in [3.63, 3.8) is 0 Å². The number of H-pyrrole nitrogens is 2. The second-order valence-electron chi connectivity index (χ2n) is 6.63. The van der Waals surface area contributed by atoms with E-state index in [-0.39, 0.29) is 42.2 Å². The van der Waals surface area contributed by atoms with Crippen molar-refractivity contribution in [3.8, 4) is 0 Å². The quantitative estimate of drug-likeness (QED) is 0.604. The monoisotopic (exact) mass is 375 g/mol. The fourth-order valence-corrected chi connectivity index (χ4v) is 3.38. The summed E-state index contributed by atoms with van der Waals surface area (Å²) < 4.78 is 0. The van der Waals surface area contributed by atoms with Crippen molar-refractivity contribution < 1.29 is 19.5 Å². The molecule has 4 N–H and O–H groups in total. The molecule has 2 amide bonds. The van der Waals surface area contributed by atoms with E-state index >= 15 is 0 Å². The van der Waals surface area contributed by atoms with E-state index in [0.29, 0.717) is 30.6 Å². The number of pyridine rings is 1. The van der Waals surface area contributed by atoms with Gasteiger partial charge in [0.05, 0.1) is 11.4 Å². The molecule has 3 rings (SSSR count). The third-order valence-corrected chi connectivity index (χ3v) is 4.83. The van der Waals surface area contributed by atoms with Crippen molar-refractivity contribution in [1.29, 1.82) is 0 Å². The summed E-state index contributed by atoms with van der Waals surface area (Å²) >= 11 is 0. The second-order valence-corrected chi connectivity index (χ2v) is 6.63. The number of carboxylic acid groups (broad SMARTS) is 1. The van der Waals surface area contributed by atoms with Crippen LogP contribution in [0.4, 0.5) is 5.82 Å². The molecule has 2 aromatic rings. The number of anilines is 1. The van der Waals surface area contributed by atoms with Crippen LogP contribution in [-0.4, -0.2) is 55.3 Å². The van der Waals surface area contributed by atoms with E-state index < -0.39 is 11.9 Å². The maximum atomic E-state index is 12.4. The third-order valence-electron chi connectivity index (χ3n) is 4.83. The fourth-order valence-electron chi connectivity index (χ4n) is 3.38. The van der Waals surface area contributed by atoms with Gasteiger partial charge >= 0.3 is 11.7 Å². The number of hydrogen-bond acceptors (Lipinski definition) is 5. The van der Waals surface area contributed by atoms with E-state index in [1.807, 2.05) is 0 Å². The topological polar surface area (TPSA) is 148 Å². The maximum absolute atomic E-state index is 12.4. The van der Waals surface area contributed by atoms with Crippen LogP contribution in [0.2, 0.25) is 0 Å². The largest absolute Gasteiger partial charge is 0.481 e. The van der Waals surface area contributed by atoms with Crippen molar-refractivity contribution in [2.24, 2.45) is 5.92 Å². The first-order valence-electron chi connectivity index (χ1n) is 8.76. The predicted octanol–water partition coefficient (Wildman–Crippen LogP) is 0.682. The molecule has 10 nitrogen and oxygen atoms in total. The molecule has 144 valence electrons. The van der Waals surface area contributed by atoms with Gasteiger partial charge in [0.1, 0.15) is 5.82 Å². The Kier molecular flexibility index (Phi) is 5.24. The van der Waals surface area contributed by atoms with E-state index in [4.69, 9.17) is 0 Å². The first-order chi connectivity index (χ1) is 12.8. The summed E-state index contributed by atoms with van der Waals surface area (Å²) in [5.41, 5.74) is 0.470. The highest BCUT2D eigenvalue weighted by molar-refractivity contribution is 5.93. The molecule has 0 aromatic carbocycles. The number of likely N-dealkylation sites (tertiary alicyclic amines) is 1. The van der Waals surface area contributed by atoms with Gasteiger partial charge in [-0.2, -0.15) is 0 Å². The number of carbonyl (C=O) groups is 3. The van der Waals surface area contributed by atoms with E-state index in [9.17, 15) is 24.3 Å². The Morgan fingerprint density at radius 2 is 2.07 bits per heavy atom. The van der Waals surface area contributed by atoms with Gasteiger partial charge in [0, 0.05) is 25.4 Å². The van der Waals surface area contributed by atoms with Gasteiger partial charge in [-0.15, -0.1) is 0 Å². The summed E-state index contributed by atoms with van der Waals surface area (Å²) in [4.78, 5) is 57.7. The van der Waals surface area contributed by atoms with Crippen molar-refractivity contribution in [2.45, 2.75) is 38.6 Å². The van der Waals surface area contributed by atoms with Gasteiger partial charge in [0.25, 0.3) is 0 Å². The second kappa shape index (κ2) is 7.60. The minimum atomic E-state index is -0.901. The van der Waals surface area contributed by atoms with Crippen LogP contribution in [0.1, 0.15) is 32.6 Å². The van der Waals surface area contributed by atoms with Gasteiger partial charge in [-0.25, -0.2) is 9.78 Å². The molecule has 0 radical (unpaired) electrons. The third kappa shape index (κ3) is 4.15. The van der Waals surface area contributed by atoms with Crippen molar-refractivity contribution in [3.05, 3.63) is 22.6 Å². The van der Waals surface area contributed by atoms with Crippen LogP contribution < -0.4 is 11.0 Å². The van der Waals surface area contributed by atoms with Gasteiger partial charge < -0.3 is 20.3 Å². The number of hydrogen-bond donors (Lipinski definition) is 4. The number of amides is 2. The predicted molar refractivity (Wildman–Crippen MR) is 96.1 cm³/mol. The molecular weight excluding hydrogens is 354 g/mol. The number of nitrogens with one attached hydrogen (secondary N) is 3. The molecular formula is C17H21N5O5. The number of fused-ring (bicyclic) bond motifs is 1. The van der Waals surface area contributed by atoms with Crippen molar-refractivity contribution in [1.82, 2.24) is 19.9 Å². The number of nitrogens with zero attached hydrogens (tertiary/aromatic N) is 2. The summed E-state index contributed by atoms with van der Waals surface area (Å²) in [6, 6.07) is 2.78. The lowest BCUT2D eigenvalue weighted by Gasteiger charge is -2.37. The molecule has 1 aliphatic rings. The summed E-state index contributed by atoms with van der Waals surface area (Å²) in [6.45, 7) is 2.23. The number of carboxylic acids is 1. The molecule has 0 aliphatic carbocycles. The number of aliphatic carboxylic acids is 1. The number of piperidine rings is 1. The average Bonchev–Trinajstić information content (AvgIpc) is 2.99. The van der Waals surface area contributed by atoms with Crippen LogP contribution in [0.5, 0.6) is 0 Å². The number of aromatic nitrogens is 3. The Labute approximate surface area is 154 Å². The highest BCUT2D eigenvalue weighted by atomic mass is 16.4. The van der Waals surface area contributed by atoms with E-state index in [0.717, 1.165) is 0 Å². The van der Waals surface area contributed by atoms with Gasteiger partial charge in [0.2, 0.25) is 11.8 Å². The Morgan fingerprint density at radius 1 is 1.30 bits per heavy atom. The Balaban J connectivity index is 1.55. The first-order valence-corrected chi connectivity index (χ1v) is 8.76. The van der Waals surface area contributed by atoms with Crippen LogP contribution in [0, 0.1) is 5.92 Å². The lowest BCUT2D eigenvalue weighted by atomic mass is 9.90. The number of imidazole rings is 1. The van der Waals surface area contributed by atoms with Crippen molar-refractivity contribution >= 4 is 34.8 Å². The number of carbonyl (C=O) groups excluding carboxylic acids is 2. The maximum Gasteiger partial charge on any atom is 0.325 e. The molecule has 2 atom stereocenters. The van der Waals surface area contributed by atoms with Gasteiger partial charge in [-0.3, -0.25) is 19.4 Å². The van der Waals surface area contributed by atoms with E-state index in [1.54, 1.807) is 24.0 Å². The summed E-state index contributed by atoms with van der Waals surface area (Å²) in [5, 5.41) is 11.8. The van der Waals surface area contributed by atoms with Crippen LogP contribution in [-0.2, 0) is 14.4 Å². The zero-order valence-electron chi connectivity index (χ0n) is 14.8. The summed E-state index contributed by atoms with van der Waals surface area (Å²) in [5.74, 6) is -1.82. The average molecular weight is 375 g/mol. The highest BCUT2D eigenvalue weighted by Gasteiger charge is 2.35. The molecule has 27 heavy (non-hydrogen) atoms. The van der Waals surface area contributed by atoms with Crippen LogP contribution in [0.25, 0.3) is 11.2 Å². The molecule has 1 aliphatic heterocycles. The molecule has 3 heterocycles. The smallest absolute Gasteiger partial charge is 0.325 e. The molecule has 0 spiro atoms. The van der Waals surface area contributed by atoms with Gasteiger partial charge in [0.15, 0.2) is 5.65 Å². The molecule has 1 fully saturated rings. The zero-order valence-corrected chi connectivity index (χ0v) is 14.8. The highest BCUT2D eigenvalue weighted by Crippen LogP contribution is 2.24. The summed E-state index contributed by atoms with van der Waals surface area (Å²) in [7, 11) is 0. The Bertz CT molecular complexity index is 933. The summed E-state index contributed by atoms with van der Waals surface area (Å²) in [6.07, 6.45) is 1.14. The molecule has 2 aromatic heterocycles. The lowest BCUT2D eigenvalue weighted by Crippen LogP contribution is -2.49.